The zero-order chi connectivity index (χ0) is 24.2. The van der Waals surface area contributed by atoms with Gasteiger partial charge in [-0.15, -0.1) is 0 Å². The van der Waals surface area contributed by atoms with Crippen molar-refractivity contribution in [3.8, 4) is 0 Å². The van der Waals surface area contributed by atoms with Gasteiger partial charge in [0.2, 0.25) is 0 Å². The number of hydrogen-bond acceptors (Lipinski definition) is 10. The minimum atomic E-state index is -0.290. The summed E-state index contributed by atoms with van der Waals surface area (Å²) in [6.45, 7) is 2.81. The molecule has 6 unspecified atom stereocenters. The van der Waals surface area contributed by atoms with Gasteiger partial charge in [0, 0.05) is 70.1 Å². The van der Waals surface area contributed by atoms with E-state index in [9.17, 15) is 0 Å². The van der Waals surface area contributed by atoms with Crippen LogP contribution in [0.4, 0.5) is 0 Å². The fourth-order valence-corrected chi connectivity index (χ4v) is 3.41. The third-order valence-electron chi connectivity index (χ3n) is 5.27. The lowest BCUT2D eigenvalue weighted by Gasteiger charge is -2.30. The second-order valence-electron chi connectivity index (χ2n) is 7.26. The van der Waals surface area contributed by atoms with E-state index in [-0.39, 0.29) is 36.6 Å². The molecule has 0 aliphatic carbocycles. The summed E-state index contributed by atoms with van der Waals surface area (Å²) in [5, 5.41) is 0. The van der Waals surface area contributed by atoms with Gasteiger partial charge in [0.25, 0.3) is 0 Å². The molecule has 0 aromatic heterocycles. The first-order valence-electron chi connectivity index (χ1n) is 10.9. The molecule has 0 aromatic carbocycles. The summed E-state index contributed by atoms with van der Waals surface area (Å²) in [6, 6.07) is 0. The van der Waals surface area contributed by atoms with Gasteiger partial charge in [-0.25, -0.2) is 0 Å². The molecule has 6 atom stereocenters. The van der Waals surface area contributed by atoms with Crippen molar-refractivity contribution >= 4 is 0 Å². The number of unbranched alkanes of at least 4 members (excludes halogenated alkanes) is 1. The van der Waals surface area contributed by atoms with Gasteiger partial charge in [0.15, 0.2) is 0 Å². The van der Waals surface area contributed by atoms with Gasteiger partial charge in [0.1, 0.15) is 36.6 Å². The fourth-order valence-electron chi connectivity index (χ4n) is 3.41. The van der Waals surface area contributed by atoms with Gasteiger partial charge in [-0.3, -0.25) is 0 Å². The molecular formula is C22H46O10. The van der Waals surface area contributed by atoms with E-state index in [4.69, 9.17) is 47.4 Å². The summed E-state index contributed by atoms with van der Waals surface area (Å²) in [4.78, 5) is 0. The number of hydrogen-bond donors (Lipinski definition) is 0. The minimum Gasteiger partial charge on any atom is -0.382 e. The lowest BCUT2D eigenvalue weighted by atomic mass is 10.1. The monoisotopic (exact) mass is 470 g/mol. The highest BCUT2D eigenvalue weighted by Crippen LogP contribution is 2.13. The standard InChI is InChI=1S/C22H46O10/c1-23-13-17(25-3)21(29-7)19(27-5)15-31-11-9-10-12-32-16-20(28-6)22(30-8)18(26-4)14-24-2/h17-22H,9-16H2,1-8H3. The number of ether oxygens (including phenoxy) is 10. The Morgan fingerprint density at radius 2 is 0.719 bits per heavy atom. The van der Waals surface area contributed by atoms with Crippen LogP contribution in [-0.4, -0.2) is 133 Å². The molecule has 0 bridgehead atoms. The average Bonchev–Trinajstić information content (AvgIpc) is 2.82. The Kier molecular flexibility index (Phi) is 20.9. The van der Waals surface area contributed by atoms with E-state index in [2.05, 4.69) is 0 Å². The van der Waals surface area contributed by atoms with Crippen LogP contribution >= 0.6 is 0 Å². The second-order valence-corrected chi connectivity index (χ2v) is 7.26. The maximum absolute atomic E-state index is 5.79. The van der Waals surface area contributed by atoms with E-state index in [1.165, 1.54) is 0 Å². The average molecular weight is 471 g/mol. The maximum Gasteiger partial charge on any atom is 0.114 e. The summed E-state index contributed by atoms with van der Waals surface area (Å²) in [7, 11) is 13.0. The van der Waals surface area contributed by atoms with Gasteiger partial charge in [-0.05, 0) is 12.8 Å². The molecule has 32 heavy (non-hydrogen) atoms. The highest BCUT2D eigenvalue weighted by molar-refractivity contribution is 4.80. The summed E-state index contributed by atoms with van der Waals surface area (Å²) in [5.41, 5.74) is 0. The van der Waals surface area contributed by atoms with E-state index < -0.39 is 0 Å². The summed E-state index contributed by atoms with van der Waals surface area (Å²) in [5.74, 6) is 0. The largest absolute Gasteiger partial charge is 0.382 e. The number of methoxy groups -OCH3 is 8. The highest BCUT2D eigenvalue weighted by Gasteiger charge is 2.31. The Balaban J connectivity index is 4.21. The molecule has 0 aliphatic rings. The molecule has 10 nitrogen and oxygen atoms in total. The zero-order valence-electron chi connectivity index (χ0n) is 21.2. The zero-order valence-corrected chi connectivity index (χ0v) is 21.2. The fraction of sp³-hybridized carbons (Fsp3) is 1.00. The Hall–Kier alpha value is -0.400. The van der Waals surface area contributed by atoms with Crippen LogP contribution in [0.1, 0.15) is 12.8 Å². The van der Waals surface area contributed by atoms with Gasteiger partial charge >= 0.3 is 0 Å². The Morgan fingerprint density at radius 1 is 0.406 bits per heavy atom. The Bertz CT molecular complexity index is 365. The van der Waals surface area contributed by atoms with E-state index in [0.717, 1.165) is 12.8 Å². The van der Waals surface area contributed by atoms with Crippen LogP contribution in [0.3, 0.4) is 0 Å². The van der Waals surface area contributed by atoms with Crippen LogP contribution in [-0.2, 0) is 47.4 Å². The summed E-state index contributed by atoms with van der Waals surface area (Å²) < 4.78 is 55.0. The molecule has 0 saturated carbocycles. The predicted molar refractivity (Wildman–Crippen MR) is 119 cm³/mol. The van der Waals surface area contributed by atoms with Crippen molar-refractivity contribution in [1.82, 2.24) is 0 Å². The van der Waals surface area contributed by atoms with Crippen LogP contribution < -0.4 is 0 Å². The van der Waals surface area contributed by atoms with Gasteiger partial charge in [0.05, 0.1) is 26.4 Å². The molecule has 0 heterocycles. The normalized spacial score (nSPS) is 17.6. The second kappa shape index (κ2) is 21.2. The van der Waals surface area contributed by atoms with Crippen molar-refractivity contribution in [2.24, 2.45) is 0 Å². The molecule has 0 spiro atoms. The predicted octanol–water partition coefficient (Wildman–Crippen LogP) is 1.18. The van der Waals surface area contributed by atoms with Crippen LogP contribution in [0.2, 0.25) is 0 Å². The summed E-state index contributed by atoms with van der Waals surface area (Å²) >= 11 is 0. The third kappa shape index (κ3) is 12.2. The van der Waals surface area contributed by atoms with E-state index in [0.29, 0.717) is 39.6 Å². The van der Waals surface area contributed by atoms with E-state index in [1.807, 2.05) is 0 Å². The van der Waals surface area contributed by atoms with E-state index in [1.54, 1.807) is 56.9 Å². The molecule has 0 N–H and O–H groups in total. The van der Waals surface area contributed by atoms with Crippen molar-refractivity contribution in [2.75, 3.05) is 96.5 Å². The van der Waals surface area contributed by atoms with E-state index >= 15 is 0 Å². The molecule has 0 aromatic rings. The van der Waals surface area contributed by atoms with Crippen LogP contribution in [0.15, 0.2) is 0 Å². The molecule has 0 radical (unpaired) electrons. The smallest absolute Gasteiger partial charge is 0.114 e. The molecule has 10 heteroatoms. The van der Waals surface area contributed by atoms with Gasteiger partial charge < -0.3 is 47.4 Å². The Labute approximate surface area is 194 Å². The molecule has 0 saturated heterocycles. The van der Waals surface area contributed by atoms with Crippen molar-refractivity contribution in [3.63, 3.8) is 0 Å². The van der Waals surface area contributed by atoms with Crippen LogP contribution in [0.5, 0.6) is 0 Å². The molecule has 0 fully saturated rings. The third-order valence-corrected chi connectivity index (χ3v) is 5.27. The van der Waals surface area contributed by atoms with Crippen LogP contribution in [0.25, 0.3) is 0 Å². The van der Waals surface area contributed by atoms with Gasteiger partial charge in [-0.1, -0.05) is 0 Å². The molecule has 0 aliphatic heterocycles. The maximum atomic E-state index is 5.79. The van der Waals surface area contributed by atoms with Crippen molar-refractivity contribution in [1.29, 1.82) is 0 Å². The first-order chi connectivity index (χ1) is 15.6. The molecular weight excluding hydrogens is 424 g/mol. The lowest BCUT2D eigenvalue weighted by Crippen LogP contribution is -2.45. The Morgan fingerprint density at radius 3 is 0.969 bits per heavy atom. The first-order valence-corrected chi connectivity index (χ1v) is 10.9. The topological polar surface area (TPSA) is 92.3 Å². The number of rotatable bonds is 23. The van der Waals surface area contributed by atoms with Crippen molar-refractivity contribution in [3.05, 3.63) is 0 Å². The molecule has 194 valence electrons. The van der Waals surface area contributed by atoms with Crippen molar-refractivity contribution in [2.45, 2.75) is 49.5 Å². The first kappa shape index (κ1) is 31.6. The van der Waals surface area contributed by atoms with Gasteiger partial charge in [-0.2, -0.15) is 0 Å². The van der Waals surface area contributed by atoms with Crippen molar-refractivity contribution < 1.29 is 47.4 Å². The highest BCUT2D eigenvalue weighted by atomic mass is 16.6. The van der Waals surface area contributed by atoms with Crippen LogP contribution in [0, 0.1) is 0 Å². The lowest BCUT2D eigenvalue weighted by molar-refractivity contribution is -0.142. The molecule has 0 rings (SSSR count). The summed E-state index contributed by atoms with van der Waals surface area (Å²) in [6.07, 6.45) is 0.141. The molecule has 0 amide bonds. The SMILES string of the molecule is COCC(OC)C(OC)C(COCCCCOCC(OC)C(OC)C(COC)OC)OC. The minimum absolute atomic E-state index is 0.238. The quantitative estimate of drug-likeness (QED) is 0.203.